The Bertz CT molecular complexity index is 904. The highest BCUT2D eigenvalue weighted by Crippen LogP contribution is 2.45. The van der Waals surface area contributed by atoms with Gasteiger partial charge in [0, 0.05) is 18.5 Å². The number of nitrogens with zero attached hydrogens (tertiary/aromatic N) is 1. The zero-order valence-corrected chi connectivity index (χ0v) is 16.0. The number of hydrogen-bond acceptors (Lipinski definition) is 4. The Balaban J connectivity index is 1.97. The summed E-state index contributed by atoms with van der Waals surface area (Å²) in [6, 6.07) is 10.6. The predicted octanol–water partition coefficient (Wildman–Crippen LogP) is 4.35. The van der Waals surface area contributed by atoms with E-state index in [-0.39, 0.29) is 36.1 Å². The Morgan fingerprint density at radius 2 is 1.86 bits per heavy atom. The second-order valence-corrected chi connectivity index (χ2v) is 7.35. The number of amides is 1. The fraction of sp³-hybridized carbons (Fsp3) is 0.381. The van der Waals surface area contributed by atoms with Gasteiger partial charge in [0.2, 0.25) is 11.8 Å². The van der Waals surface area contributed by atoms with Gasteiger partial charge in [-0.2, -0.15) is 8.78 Å². The molecule has 0 saturated heterocycles. The number of aromatic nitrogens is 1. The fourth-order valence-corrected chi connectivity index (χ4v) is 3.58. The number of hydrogen-bond donors (Lipinski definition) is 1. The third-order valence-electron chi connectivity index (χ3n) is 4.98. The van der Waals surface area contributed by atoms with E-state index in [1.807, 2.05) is 38.1 Å². The summed E-state index contributed by atoms with van der Waals surface area (Å²) in [6.07, 6.45) is 0.153. The first-order chi connectivity index (χ1) is 13.2. The minimum Gasteiger partial charge on any atom is -0.415 e. The Kier molecular flexibility index (Phi) is 5.45. The number of pyridine rings is 1. The van der Waals surface area contributed by atoms with Gasteiger partial charge in [-0.25, -0.2) is 4.98 Å². The summed E-state index contributed by atoms with van der Waals surface area (Å²) in [5, 5.41) is 2.66. The number of anilines is 1. The highest BCUT2D eigenvalue weighted by atomic mass is 19.3. The molecule has 148 valence electrons. The minimum atomic E-state index is -3.06. The van der Waals surface area contributed by atoms with Crippen molar-refractivity contribution in [2.45, 2.75) is 51.6 Å². The molecule has 2 aromatic rings. The van der Waals surface area contributed by atoms with E-state index >= 15 is 0 Å². The number of carbonyl (C=O) groups excluding carboxylic acids is 2. The predicted molar refractivity (Wildman–Crippen MR) is 101 cm³/mol. The molecule has 1 aliphatic carbocycles. The quantitative estimate of drug-likeness (QED) is 0.799. The van der Waals surface area contributed by atoms with Gasteiger partial charge >= 0.3 is 6.61 Å². The van der Waals surface area contributed by atoms with Gasteiger partial charge in [0.1, 0.15) is 11.5 Å². The van der Waals surface area contributed by atoms with Crippen LogP contribution in [0.5, 0.6) is 5.88 Å². The summed E-state index contributed by atoms with van der Waals surface area (Å²) >= 11 is 0. The average Bonchev–Trinajstić information content (AvgIpc) is 2.60. The van der Waals surface area contributed by atoms with Gasteiger partial charge in [-0.1, -0.05) is 38.1 Å². The molecule has 1 aromatic carbocycles. The van der Waals surface area contributed by atoms with Crippen molar-refractivity contribution in [3.8, 4) is 5.88 Å². The van der Waals surface area contributed by atoms with Crippen LogP contribution in [0, 0.1) is 6.92 Å². The van der Waals surface area contributed by atoms with E-state index in [1.54, 1.807) is 13.0 Å². The fourth-order valence-electron chi connectivity index (χ4n) is 3.58. The van der Waals surface area contributed by atoms with E-state index in [9.17, 15) is 18.4 Å². The average molecular weight is 388 g/mol. The third-order valence-corrected chi connectivity index (χ3v) is 4.98. The van der Waals surface area contributed by atoms with Crippen LogP contribution in [0.25, 0.3) is 0 Å². The van der Waals surface area contributed by atoms with Gasteiger partial charge in [-0.05, 0) is 36.1 Å². The van der Waals surface area contributed by atoms with E-state index < -0.39 is 17.9 Å². The summed E-state index contributed by atoms with van der Waals surface area (Å²) in [7, 11) is 0. The molecule has 3 rings (SSSR count). The van der Waals surface area contributed by atoms with Crippen molar-refractivity contribution < 1.29 is 23.1 Å². The Hall–Kier alpha value is -2.83. The number of Topliss-reactive ketones (excluding diaryl/α,β-unsaturated/α-hetero) is 1. The molecule has 0 atom stereocenters. The summed E-state index contributed by atoms with van der Waals surface area (Å²) in [5.74, 6) is -0.624. The summed E-state index contributed by atoms with van der Waals surface area (Å²) in [6.45, 7) is 2.60. The molecule has 1 N–H and O–H groups in total. The minimum absolute atomic E-state index is 0.0141. The molecule has 0 spiro atoms. The highest BCUT2D eigenvalue weighted by molar-refractivity contribution is 6.09. The molecule has 1 aliphatic rings. The van der Waals surface area contributed by atoms with Gasteiger partial charge in [0.15, 0.2) is 0 Å². The smallest absolute Gasteiger partial charge is 0.388 e. The molecule has 1 aromatic heterocycles. The lowest BCUT2D eigenvalue weighted by Gasteiger charge is -2.41. The standard InChI is InChI=1S/C21H22F2N2O3/c1-12(2)15-6-4-5-7-16(15)21(10-14(26)11-21)19(27)25-17-9-8-13(3)24-18(17)28-20(22)23/h4-9,12,20H,10-11H2,1-3H3,(H,25,27). The van der Waals surface area contributed by atoms with Gasteiger partial charge in [-0.3, -0.25) is 9.59 Å². The van der Waals surface area contributed by atoms with Crippen molar-refractivity contribution in [1.82, 2.24) is 4.98 Å². The van der Waals surface area contributed by atoms with Crippen LogP contribution in [0.15, 0.2) is 36.4 Å². The van der Waals surface area contributed by atoms with Crippen molar-refractivity contribution in [3.05, 3.63) is 53.2 Å². The molecular weight excluding hydrogens is 366 g/mol. The van der Waals surface area contributed by atoms with Crippen molar-refractivity contribution in [3.63, 3.8) is 0 Å². The molecule has 28 heavy (non-hydrogen) atoms. The largest absolute Gasteiger partial charge is 0.415 e. The highest BCUT2D eigenvalue weighted by Gasteiger charge is 2.52. The molecule has 1 amide bonds. The molecular formula is C21H22F2N2O3. The Labute approximate surface area is 162 Å². The molecule has 0 aliphatic heterocycles. The van der Waals surface area contributed by atoms with Crippen molar-refractivity contribution in [2.75, 3.05) is 5.32 Å². The van der Waals surface area contributed by atoms with Crippen LogP contribution in [0.4, 0.5) is 14.5 Å². The van der Waals surface area contributed by atoms with Crippen LogP contribution in [-0.2, 0) is 15.0 Å². The van der Waals surface area contributed by atoms with Crippen molar-refractivity contribution in [1.29, 1.82) is 0 Å². The lowest BCUT2D eigenvalue weighted by atomic mass is 9.61. The van der Waals surface area contributed by atoms with Crippen LogP contribution >= 0.6 is 0 Å². The second-order valence-electron chi connectivity index (χ2n) is 7.35. The second kappa shape index (κ2) is 7.66. The SMILES string of the molecule is Cc1ccc(NC(=O)C2(c3ccccc3C(C)C)CC(=O)C2)c(OC(F)F)n1. The summed E-state index contributed by atoms with van der Waals surface area (Å²) < 4.78 is 29.9. The molecule has 5 nitrogen and oxygen atoms in total. The van der Waals surface area contributed by atoms with Gasteiger partial charge in [-0.15, -0.1) is 0 Å². The lowest BCUT2D eigenvalue weighted by molar-refractivity contribution is -0.138. The first-order valence-corrected chi connectivity index (χ1v) is 9.08. The molecule has 1 saturated carbocycles. The van der Waals surface area contributed by atoms with E-state index in [2.05, 4.69) is 15.0 Å². The number of aryl methyl sites for hydroxylation is 1. The topological polar surface area (TPSA) is 68.3 Å². The maximum absolute atomic E-state index is 13.2. The molecule has 0 unspecified atom stereocenters. The van der Waals surface area contributed by atoms with Gasteiger partial charge in [0.05, 0.1) is 5.41 Å². The number of rotatable bonds is 6. The normalized spacial score (nSPS) is 15.5. The summed E-state index contributed by atoms with van der Waals surface area (Å²) in [4.78, 5) is 29.0. The zero-order chi connectivity index (χ0) is 20.5. The van der Waals surface area contributed by atoms with Gasteiger partial charge < -0.3 is 10.1 Å². The van der Waals surface area contributed by atoms with Crippen molar-refractivity contribution in [2.24, 2.45) is 0 Å². The number of ketones is 1. The maximum Gasteiger partial charge on any atom is 0.388 e. The molecule has 1 heterocycles. The summed E-state index contributed by atoms with van der Waals surface area (Å²) in [5.41, 5.74) is 1.28. The first-order valence-electron chi connectivity index (χ1n) is 9.08. The number of benzene rings is 1. The van der Waals surface area contributed by atoms with Crippen molar-refractivity contribution >= 4 is 17.4 Å². The monoisotopic (exact) mass is 388 g/mol. The van der Waals surface area contributed by atoms with Gasteiger partial charge in [0.25, 0.3) is 0 Å². The molecule has 1 fully saturated rings. The number of halogens is 2. The number of alkyl halides is 2. The van der Waals surface area contributed by atoms with E-state index in [4.69, 9.17) is 0 Å². The van der Waals surface area contributed by atoms with E-state index in [0.717, 1.165) is 11.1 Å². The van der Waals surface area contributed by atoms with E-state index in [0.29, 0.717) is 5.69 Å². The molecule has 7 heteroatoms. The number of carbonyl (C=O) groups is 2. The van der Waals surface area contributed by atoms with Crippen LogP contribution in [0.1, 0.15) is 49.4 Å². The van der Waals surface area contributed by atoms with Crippen LogP contribution in [-0.4, -0.2) is 23.3 Å². The Morgan fingerprint density at radius 3 is 2.46 bits per heavy atom. The van der Waals surface area contributed by atoms with Crippen LogP contribution < -0.4 is 10.1 Å². The van der Waals surface area contributed by atoms with Crippen LogP contribution in [0.2, 0.25) is 0 Å². The number of ether oxygens (including phenoxy) is 1. The zero-order valence-electron chi connectivity index (χ0n) is 16.0. The third kappa shape index (κ3) is 3.74. The number of nitrogens with one attached hydrogen (secondary N) is 1. The lowest BCUT2D eigenvalue weighted by Crippen LogP contribution is -2.51. The van der Waals surface area contributed by atoms with E-state index in [1.165, 1.54) is 6.07 Å². The molecule has 0 radical (unpaired) electrons. The maximum atomic E-state index is 13.2. The Morgan fingerprint density at radius 1 is 1.18 bits per heavy atom. The first kappa shape index (κ1) is 19.9. The molecule has 0 bridgehead atoms. The van der Waals surface area contributed by atoms with Crippen LogP contribution in [0.3, 0.4) is 0 Å².